The van der Waals surface area contributed by atoms with Gasteiger partial charge in [-0.15, -0.1) is 29.7 Å². The molecule has 0 spiro atoms. The van der Waals surface area contributed by atoms with Crippen molar-refractivity contribution in [3.05, 3.63) is 198 Å². The van der Waals surface area contributed by atoms with E-state index < -0.39 is 18.1 Å². The summed E-state index contributed by atoms with van der Waals surface area (Å²) in [4.78, 5) is 4.78. The molecule has 10 rings (SSSR count). The van der Waals surface area contributed by atoms with E-state index in [0.717, 1.165) is 72.9 Å². The first-order chi connectivity index (χ1) is 32.9. The van der Waals surface area contributed by atoms with E-state index in [1.165, 1.54) is 5.56 Å². The monoisotopic (exact) mass is 1030 g/mol. The Morgan fingerprint density at radius 1 is 0.677 bits per heavy atom. The van der Waals surface area contributed by atoms with Crippen LogP contribution in [0.5, 0.6) is 11.5 Å². The summed E-state index contributed by atoms with van der Waals surface area (Å²) in [5.41, 5.74) is 11.2. The van der Waals surface area contributed by atoms with Crippen LogP contribution in [0.25, 0.3) is 72.3 Å². The molecule has 326 valence electrons. The van der Waals surface area contributed by atoms with E-state index in [4.69, 9.17) is 13.8 Å². The molecule has 0 fully saturated rings. The maximum atomic E-state index is 9.22. The van der Waals surface area contributed by atoms with Gasteiger partial charge in [-0.05, 0) is 98.0 Å². The Morgan fingerprint density at radius 3 is 2.09 bits per heavy atom. The topological polar surface area (TPSA) is 35.9 Å². The number of hydrogen-bond acceptors (Lipinski definition) is 2. The van der Waals surface area contributed by atoms with Crippen LogP contribution in [-0.4, -0.2) is 14.1 Å². The van der Waals surface area contributed by atoms with Crippen molar-refractivity contribution in [3.63, 3.8) is 0 Å². The van der Waals surface area contributed by atoms with Gasteiger partial charge >= 0.3 is 0 Å². The van der Waals surface area contributed by atoms with Crippen LogP contribution in [0.3, 0.4) is 0 Å². The predicted molar refractivity (Wildman–Crippen MR) is 262 cm³/mol. The summed E-state index contributed by atoms with van der Waals surface area (Å²) < 4.78 is 57.1. The largest absolute Gasteiger partial charge is 0.510 e. The van der Waals surface area contributed by atoms with E-state index in [1.807, 2.05) is 95.1 Å². The number of para-hydroxylation sites is 3. The molecule has 3 aromatic heterocycles. The number of aromatic nitrogens is 4. The Balaban J connectivity index is 0.00000608. The fourth-order valence-electron chi connectivity index (χ4n) is 8.64. The second-order valence-corrected chi connectivity index (χ2v) is 18.5. The number of nitrogens with zero attached hydrogens (tertiary/aromatic N) is 4. The van der Waals surface area contributed by atoms with Crippen molar-refractivity contribution in [1.82, 2.24) is 14.1 Å². The minimum absolute atomic E-state index is 0. The molecule has 5 nitrogen and oxygen atoms in total. The summed E-state index contributed by atoms with van der Waals surface area (Å²) in [5.74, 6) is 1.80. The minimum atomic E-state index is -0.442. The molecule has 0 atom stereocenters. The molecular weight excluding hydrogens is 976 g/mol. The summed E-state index contributed by atoms with van der Waals surface area (Å²) in [6.07, 6.45) is 6.43. The van der Waals surface area contributed by atoms with Crippen LogP contribution in [0.15, 0.2) is 158 Å². The van der Waals surface area contributed by atoms with Crippen molar-refractivity contribution in [2.75, 3.05) is 0 Å². The third-order valence-electron chi connectivity index (χ3n) is 12.1. The van der Waals surface area contributed by atoms with Crippen LogP contribution in [-0.2, 0) is 38.3 Å². The van der Waals surface area contributed by atoms with Crippen molar-refractivity contribution in [1.29, 1.82) is 0 Å². The first kappa shape index (κ1) is 37.8. The molecule has 0 saturated heterocycles. The second kappa shape index (κ2) is 17.1. The number of rotatable bonds is 8. The normalized spacial score (nSPS) is 13.0. The molecular formula is C59H52N4OPt-2. The number of benzene rings is 7. The molecule has 10 aromatic rings. The summed E-state index contributed by atoms with van der Waals surface area (Å²) in [6, 6.07) is 46.1. The Bertz CT molecular complexity index is 3630. The maximum Gasteiger partial charge on any atom is 0.268 e. The summed E-state index contributed by atoms with van der Waals surface area (Å²) in [7, 11) is 0. The summed E-state index contributed by atoms with van der Waals surface area (Å²) in [6.45, 7) is 17.4. The van der Waals surface area contributed by atoms with E-state index in [0.29, 0.717) is 28.4 Å². The van der Waals surface area contributed by atoms with Gasteiger partial charge in [0.05, 0.1) is 23.6 Å². The van der Waals surface area contributed by atoms with Crippen molar-refractivity contribution in [2.45, 2.75) is 72.6 Å². The first-order valence-electron chi connectivity index (χ1n) is 24.4. The van der Waals surface area contributed by atoms with Crippen LogP contribution < -0.4 is 9.30 Å². The van der Waals surface area contributed by atoms with Crippen molar-refractivity contribution in [2.24, 2.45) is 0 Å². The summed E-state index contributed by atoms with van der Waals surface area (Å²) in [5, 5.41) is 2.13. The second-order valence-electron chi connectivity index (χ2n) is 18.5. The number of imidazole rings is 1. The molecule has 0 saturated carbocycles. The quantitative estimate of drug-likeness (QED) is 0.112. The van der Waals surface area contributed by atoms with E-state index in [2.05, 4.69) is 120 Å². The van der Waals surface area contributed by atoms with E-state index in [-0.39, 0.29) is 49.5 Å². The fraction of sp³-hybridized carbons (Fsp3) is 0.186. The van der Waals surface area contributed by atoms with E-state index in [1.54, 1.807) is 0 Å². The van der Waals surface area contributed by atoms with Gasteiger partial charge in [0, 0.05) is 44.3 Å². The molecule has 7 aromatic carbocycles. The van der Waals surface area contributed by atoms with Gasteiger partial charge in [0.2, 0.25) is 0 Å². The number of pyridine rings is 1. The Morgan fingerprint density at radius 2 is 1.35 bits per heavy atom. The van der Waals surface area contributed by atoms with Gasteiger partial charge in [0.1, 0.15) is 5.82 Å². The molecule has 0 unspecified atom stereocenters. The smallest absolute Gasteiger partial charge is 0.268 e. The molecule has 6 heteroatoms. The van der Waals surface area contributed by atoms with Gasteiger partial charge in [-0.25, -0.2) is 4.98 Å². The molecule has 0 radical (unpaired) electrons. The number of fused-ring (bicyclic) bond motifs is 4. The molecule has 0 aliphatic heterocycles. The fourth-order valence-corrected chi connectivity index (χ4v) is 8.64. The third kappa shape index (κ3) is 8.12. The minimum Gasteiger partial charge on any atom is -0.510 e. The van der Waals surface area contributed by atoms with Crippen LogP contribution >= 0.6 is 0 Å². The third-order valence-corrected chi connectivity index (χ3v) is 12.1. The Kier molecular flexibility index (Phi) is 9.94. The Hall–Kier alpha value is -6.55. The molecule has 3 heterocycles. The number of hydrogen-bond donors (Lipinski definition) is 0. The molecule has 65 heavy (non-hydrogen) atoms. The first-order valence-corrected chi connectivity index (χ1v) is 21.9. The zero-order valence-corrected chi connectivity index (χ0v) is 40.1. The number of aryl methyl sites for hydroxylation is 2. The van der Waals surface area contributed by atoms with Gasteiger partial charge in [-0.1, -0.05) is 157 Å². The van der Waals surface area contributed by atoms with E-state index in [9.17, 15) is 2.74 Å². The summed E-state index contributed by atoms with van der Waals surface area (Å²) >= 11 is 0. The standard InChI is InChI=1S/C59H52N4O.Pt/c1-9-40-30-31-60-55(32-40)63-52-26-14-13-23-50(52)51-29-28-47(37-54(51)63)64-46-22-16-21-45(36-46)61-38-62(56-39(2)18-15-27-53(56)61)57-48(41-19-11-10-12-20-41)24-17-25-49(57)42-33-43(58(3,4)5)35-44(34-42)59(6,7)8;/h10-35H,9H2,1-8H3;/q-2;/i10D,11D,12D,19D,20D;. The Labute approximate surface area is 404 Å². The molecule has 0 aliphatic rings. The van der Waals surface area contributed by atoms with Gasteiger partial charge in [0.15, 0.2) is 0 Å². The van der Waals surface area contributed by atoms with Crippen molar-refractivity contribution >= 4 is 32.8 Å². The van der Waals surface area contributed by atoms with Gasteiger partial charge in [-0.3, -0.25) is 4.57 Å². The van der Waals surface area contributed by atoms with Crippen LogP contribution in [0, 0.1) is 25.4 Å². The van der Waals surface area contributed by atoms with Gasteiger partial charge < -0.3 is 13.9 Å². The maximum absolute atomic E-state index is 9.22. The van der Waals surface area contributed by atoms with Crippen molar-refractivity contribution < 1.29 is 37.2 Å². The van der Waals surface area contributed by atoms with Crippen LogP contribution in [0.1, 0.15) is 77.6 Å². The predicted octanol–water partition coefficient (Wildman–Crippen LogP) is 14.4. The molecule has 0 amide bonds. The van der Waals surface area contributed by atoms with Gasteiger partial charge in [-0.2, -0.15) is 18.2 Å². The average molecular weight is 1030 g/mol. The SMILES string of the molecule is [2H]c1c([2H])c([2H])c(-c2cccc(-c3cc(C(C)(C)C)cc(C(C)(C)C)c3)c2-[n+]2[c-]n(-c3[c-]c(Oc4[c-]c5c(cc4)c4ccccc4n5-c4cc(CC)ccn4)ccc3)c3cccc(C)c32)c([2H])c1[2H].[Pt]. The molecule has 0 bridgehead atoms. The molecule has 0 aliphatic carbocycles. The van der Waals surface area contributed by atoms with Crippen molar-refractivity contribution in [3.8, 4) is 50.9 Å². The van der Waals surface area contributed by atoms with Crippen LogP contribution in [0.4, 0.5) is 0 Å². The number of ether oxygens (including phenoxy) is 1. The average Bonchev–Trinajstić information content (AvgIpc) is 3.89. The zero-order chi connectivity index (χ0) is 48.7. The van der Waals surface area contributed by atoms with E-state index >= 15 is 0 Å². The zero-order valence-electron chi connectivity index (χ0n) is 42.8. The van der Waals surface area contributed by atoms with Crippen LogP contribution in [0.2, 0.25) is 0 Å². The van der Waals surface area contributed by atoms with Gasteiger partial charge in [0.25, 0.3) is 6.33 Å². The molecule has 0 N–H and O–H groups in total.